The molecular formula is C15H22FN. The van der Waals surface area contributed by atoms with Gasteiger partial charge in [0.1, 0.15) is 5.82 Å². The molecule has 0 aromatic heterocycles. The maximum absolute atomic E-state index is 12.9. The standard InChI is InChI=1S/C15H22FN/c1-2-17-11-13-5-3-4-6-15(13)12-7-9-14(16)10-8-12/h7-10,13,15,17H,2-6,11H2,1H3. The Hall–Kier alpha value is -0.890. The van der Waals surface area contributed by atoms with Gasteiger partial charge in [0.2, 0.25) is 0 Å². The SMILES string of the molecule is CCNCC1CCCCC1c1ccc(F)cc1. The summed E-state index contributed by atoms with van der Waals surface area (Å²) in [6.45, 7) is 4.28. The third-order valence-electron chi connectivity index (χ3n) is 3.86. The van der Waals surface area contributed by atoms with Crippen LogP contribution < -0.4 is 5.32 Å². The summed E-state index contributed by atoms with van der Waals surface area (Å²) in [5.41, 5.74) is 1.31. The average Bonchev–Trinajstić information content (AvgIpc) is 2.38. The maximum Gasteiger partial charge on any atom is 0.123 e. The molecule has 1 aliphatic rings. The molecule has 2 heteroatoms. The Bertz CT molecular complexity index is 333. The summed E-state index contributed by atoms with van der Waals surface area (Å²) in [6.07, 6.45) is 5.20. The van der Waals surface area contributed by atoms with Crippen LogP contribution in [0.3, 0.4) is 0 Å². The molecule has 1 nitrogen and oxygen atoms in total. The second-order valence-corrected chi connectivity index (χ2v) is 5.01. The highest BCUT2D eigenvalue weighted by Gasteiger charge is 2.25. The van der Waals surface area contributed by atoms with Crippen LogP contribution in [0.15, 0.2) is 24.3 Å². The number of hydrogen-bond donors (Lipinski definition) is 1. The first-order valence-corrected chi connectivity index (χ1v) is 6.77. The molecule has 0 aliphatic heterocycles. The smallest absolute Gasteiger partial charge is 0.123 e. The molecule has 1 aromatic rings. The molecule has 0 heterocycles. The van der Waals surface area contributed by atoms with Crippen molar-refractivity contribution in [3.05, 3.63) is 35.6 Å². The third-order valence-corrected chi connectivity index (χ3v) is 3.86. The zero-order chi connectivity index (χ0) is 12.1. The lowest BCUT2D eigenvalue weighted by atomic mass is 9.75. The van der Waals surface area contributed by atoms with E-state index in [0.717, 1.165) is 13.1 Å². The molecule has 94 valence electrons. The molecule has 1 aliphatic carbocycles. The van der Waals surface area contributed by atoms with E-state index in [1.807, 2.05) is 12.1 Å². The molecule has 1 fully saturated rings. The topological polar surface area (TPSA) is 12.0 Å². The molecule has 0 bridgehead atoms. The summed E-state index contributed by atoms with van der Waals surface area (Å²) >= 11 is 0. The fourth-order valence-electron chi connectivity index (χ4n) is 2.93. The predicted octanol–water partition coefficient (Wildman–Crippen LogP) is 3.71. The van der Waals surface area contributed by atoms with E-state index < -0.39 is 0 Å². The molecule has 0 spiro atoms. The summed E-state index contributed by atoms with van der Waals surface area (Å²) in [5.74, 6) is 1.20. The highest BCUT2D eigenvalue weighted by molar-refractivity contribution is 5.21. The Morgan fingerprint density at radius 3 is 2.59 bits per heavy atom. The Morgan fingerprint density at radius 2 is 1.88 bits per heavy atom. The van der Waals surface area contributed by atoms with E-state index in [1.165, 1.54) is 31.2 Å². The molecule has 1 aromatic carbocycles. The van der Waals surface area contributed by atoms with Gasteiger partial charge in [0.05, 0.1) is 0 Å². The van der Waals surface area contributed by atoms with Crippen molar-refractivity contribution in [3.63, 3.8) is 0 Å². The van der Waals surface area contributed by atoms with Crippen molar-refractivity contribution in [3.8, 4) is 0 Å². The molecule has 2 rings (SSSR count). The number of benzene rings is 1. The van der Waals surface area contributed by atoms with Crippen LogP contribution >= 0.6 is 0 Å². The molecule has 17 heavy (non-hydrogen) atoms. The van der Waals surface area contributed by atoms with Crippen molar-refractivity contribution < 1.29 is 4.39 Å². The highest BCUT2D eigenvalue weighted by Crippen LogP contribution is 2.37. The molecule has 0 radical (unpaired) electrons. The van der Waals surface area contributed by atoms with Gasteiger partial charge in [-0.15, -0.1) is 0 Å². The van der Waals surface area contributed by atoms with Crippen LogP contribution in [-0.2, 0) is 0 Å². The van der Waals surface area contributed by atoms with E-state index in [2.05, 4.69) is 12.2 Å². The van der Waals surface area contributed by atoms with Crippen LogP contribution in [-0.4, -0.2) is 13.1 Å². The van der Waals surface area contributed by atoms with E-state index in [9.17, 15) is 4.39 Å². The monoisotopic (exact) mass is 235 g/mol. The number of nitrogens with one attached hydrogen (secondary N) is 1. The number of halogens is 1. The van der Waals surface area contributed by atoms with Crippen molar-refractivity contribution in [2.75, 3.05) is 13.1 Å². The summed E-state index contributed by atoms with van der Waals surface area (Å²) in [7, 11) is 0. The van der Waals surface area contributed by atoms with Crippen LogP contribution in [0.25, 0.3) is 0 Å². The molecule has 0 saturated heterocycles. The summed E-state index contributed by atoms with van der Waals surface area (Å²) in [4.78, 5) is 0. The zero-order valence-corrected chi connectivity index (χ0v) is 10.6. The van der Waals surface area contributed by atoms with Crippen LogP contribution in [0.4, 0.5) is 4.39 Å². The Morgan fingerprint density at radius 1 is 1.18 bits per heavy atom. The molecule has 1 saturated carbocycles. The number of rotatable bonds is 4. The zero-order valence-electron chi connectivity index (χ0n) is 10.6. The first kappa shape index (κ1) is 12.6. The largest absolute Gasteiger partial charge is 0.317 e. The first-order valence-electron chi connectivity index (χ1n) is 6.77. The van der Waals surface area contributed by atoms with Gasteiger partial charge in [-0.1, -0.05) is 31.9 Å². The summed E-state index contributed by atoms with van der Waals surface area (Å²) in [6, 6.07) is 7.11. The molecule has 0 amide bonds. The lowest BCUT2D eigenvalue weighted by Gasteiger charge is -2.32. The van der Waals surface area contributed by atoms with Gasteiger partial charge in [0, 0.05) is 0 Å². The van der Waals surface area contributed by atoms with Gasteiger partial charge in [-0.2, -0.15) is 0 Å². The lowest BCUT2D eigenvalue weighted by Crippen LogP contribution is -2.29. The van der Waals surface area contributed by atoms with Crippen molar-refractivity contribution in [1.82, 2.24) is 5.32 Å². The quantitative estimate of drug-likeness (QED) is 0.839. The van der Waals surface area contributed by atoms with Gasteiger partial charge in [0.25, 0.3) is 0 Å². The normalized spacial score (nSPS) is 24.8. The van der Waals surface area contributed by atoms with Crippen LogP contribution in [0.5, 0.6) is 0 Å². The van der Waals surface area contributed by atoms with Gasteiger partial charge in [-0.3, -0.25) is 0 Å². The highest BCUT2D eigenvalue weighted by atomic mass is 19.1. The van der Waals surface area contributed by atoms with Crippen LogP contribution in [0, 0.1) is 11.7 Å². The Kier molecular flexibility index (Phi) is 4.55. The maximum atomic E-state index is 12.9. The van der Waals surface area contributed by atoms with Gasteiger partial charge in [-0.05, 0) is 55.5 Å². The Labute approximate surface area is 103 Å². The van der Waals surface area contributed by atoms with Gasteiger partial charge >= 0.3 is 0 Å². The minimum atomic E-state index is -0.132. The Balaban J connectivity index is 2.07. The van der Waals surface area contributed by atoms with E-state index in [1.54, 1.807) is 12.1 Å². The second kappa shape index (κ2) is 6.15. The van der Waals surface area contributed by atoms with Crippen LogP contribution in [0.1, 0.15) is 44.1 Å². The minimum Gasteiger partial charge on any atom is -0.317 e. The number of hydrogen-bond acceptors (Lipinski definition) is 1. The van der Waals surface area contributed by atoms with Crippen molar-refractivity contribution >= 4 is 0 Å². The van der Waals surface area contributed by atoms with Gasteiger partial charge in [0.15, 0.2) is 0 Å². The van der Waals surface area contributed by atoms with Gasteiger partial charge < -0.3 is 5.32 Å². The van der Waals surface area contributed by atoms with Gasteiger partial charge in [-0.25, -0.2) is 4.39 Å². The first-order chi connectivity index (χ1) is 8.31. The fourth-order valence-corrected chi connectivity index (χ4v) is 2.93. The fraction of sp³-hybridized carbons (Fsp3) is 0.600. The minimum absolute atomic E-state index is 0.132. The summed E-state index contributed by atoms with van der Waals surface area (Å²) < 4.78 is 12.9. The lowest BCUT2D eigenvalue weighted by molar-refractivity contribution is 0.297. The second-order valence-electron chi connectivity index (χ2n) is 5.01. The van der Waals surface area contributed by atoms with Crippen molar-refractivity contribution in [2.45, 2.75) is 38.5 Å². The van der Waals surface area contributed by atoms with Crippen molar-refractivity contribution in [2.24, 2.45) is 5.92 Å². The predicted molar refractivity (Wildman–Crippen MR) is 69.6 cm³/mol. The van der Waals surface area contributed by atoms with Crippen LogP contribution in [0.2, 0.25) is 0 Å². The average molecular weight is 235 g/mol. The molecule has 1 N–H and O–H groups in total. The molecular weight excluding hydrogens is 213 g/mol. The molecule has 2 unspecified atom stereocenters. The van der Waals surface area contributed by atoms with E-state index in [0.29, 0.717) is 11.8 Å². The van der Waals surface area contributed by atoms with E-state index in [-0.39, 0.29) is 5.82 Å². The van der Waals surface area contributed by atoms with E-state index >= 15 is 0 Å². The van der Waals surface area contributed by atoms with E-state index in [4.69, 9.17) is 0 Å². The molecule has 2 atom stereocenters. The third kappa shape index (κ3) is 3.29. The van der Waals surface area contributed by atoms with Crippen molar-refractivity contribution in [1.29, 1.82) is 0 Å². The summed E-state index contributed by atoms with van der Waals surface area (Å²) in [5, 5.41) is 3.46.